The van der Waals surface area contributed by atoms with E-state index in [-0.39, 0.29) is 37.7 Å². The predicted molar refractivity (Wildman–Crippen MR) is 46.9 cm³/mol. The van der Waals surface area contributed by atoms with Crippen LogP contribution in [-0.2, 0) is 0 Å². The zero-order valence-electron chi connectivity index (χ0n) is 8.24. The van der Waals surface area contributed by atoms with Crippen LogP contribution in [0, 0.1) is 49.6 Å². The average Bonchev–Trinajstić information content (AvgIpc) is 2.15. The predicted octanol–water partition coefficient (Wildman–Crippen LogP) is 2.19. The molecule has 1 heterocycles. The van der Waals surface area contributed by atoms with Crippen LogP contribution in [0.25, 0.3) is 0 Å². The van der Waals surface area contributed by atoms with Gasteiger partial charge >= 0.3 is 0 Å². The molecule has 11 heavy (non-hydrogen) atoms. The van der Waals surface area contributed by atoms with Crippen LogP contribution in [0.5, 0.6) is 0 Å². The summed E-state index contributed by atoms with van der Waals surface area (Å²) in [4.78, 5) is 2.33. The number of likely N-dealkylation sites (tertiary alicyclic amines) is 1. The molecule has 1 aliphatic heterocycles. The third-order valence-corrected chi connectivity index (χ3v) is 1.63. The Balaban J connectivity index is 0. The van der Waals surface area contributed by atoms with E-state index >= 15 is 0 Å². The molecule has 0 atom stereocenters. The summed E-state index contributed by atoms with van der Waals surface area (Å²) >= 11 is 0. The van der Waals surface area contributed by atoms with Gasteiger partial charge in [0.15, 0.2) is 0 Å². The molecular formula is C9H20HoN-. The first kappa shape index (κ1) is 14.7. The molecule has 1 nitrogen and oxygen atoms in total. The molecule has 1 saturated heterocycles. The third-order valence-electron chi connectivity index (χ3n) is 1.63. The van der Waals surface area contributed by atoms with E-state index in [1.165, 1.54) is 6.54 Å². The summed E-state index contributed by atoms with van der Waals surface area (Å²) in [6.45, 7) is 10.9. The Morgan fingerprint density at radius 2 is 1.73 bits per heavy atom. The van der Waals surface area contributed by atoms with E-state index in [9.17, 15) is 0 Å². The fourth-order valence-electron chi connectivity index (χ4n) is 1.23. The minimum Gasteiger partial charge on any atom is -0.338 e. The summed E-state index contributed by atoms with van der Waals surface area (Å²) in [6.07, 6.45) is 2.37. The summed E-state index contributed by atoms with van der Waals surface area (Å²) in [5, 5.41) is 0. The molecule has 0 saturated carbocycles. The normalized spacial score (nSPS) is 21.5. The number of hydrogen-bond acceptors (Lipinski definition) is 1. The van der Waals surface area contributed by atoms with E-state index in [1.807, 2.05) is 13.8 Å². The van der Waals surface area contributed by atoms with Crippen molar-refractivity contribution in [2.24, 2.45) is 5.41 Å². The first-order chi connectivity index (χ1) is 4.60. The van der Waals surface area contributed by atoms with E-state index in [1.54, 1.807) is 0 Å². The van der Waals surface area contributed by atoms with Crippen LogP contribution in [0.2, 0.25) is 0 Å². The van der Waals surface area contributed by atoms with Gasteiger partial charge in [-0.25, -0.2) is 0 Å². The van der Waals surface area contributed by atoms with Gasteiger partial charge in [-0.1, -0.05) is 27.7 Å². The van der Waals surface area contributed by atoms with Crippen LogP contribution in [0.4, 0.5) is 0 Å². The van der Waals surface area contributed by atoms with Crippen molar-refractivity contribution in [1.82, 2.24) is 4.90 Å². The van der Waals surface area contributed by atoms with Crippen molar-refractivity contribution in [3.05, 3.63) is 6.42 Å². The maximum Gasteiger partial charge on any atom is 0 e. The van der Waals surface area contributed by atoms with Gasteiger partial charge in [-0.05, 0) is 13.6 Å². The summed E-state index contributed by atoms with van der Waals surface area (Å²) in [5.74, 6) is 0. The van der Waals surface area contributed by atoms with Crippen LogP contribution in [0.15, 0.2) is 0 Å². The van der Waals surface area contributed by atoms with Gasteiger partial charge in [0.1, 0.15) is 0 Å². The van der Waals surface area contributed by atoms with Crippen molar-refractivity contribution in [3.63, 3.8) is 0 Å². The largest absolute Gasteiger partial charge is 0.338 e. The Morgan fingerprint density at radius 3 is 1.82 bits per heavy atom. The average molecular weight is 307 g/mol. The van der Waals surface area contributed by atoms with Crippen molar-refractivity contribution in [3.8, 4) is 0 Å². The van der Waals surface area contributed by atoms with Gasteiger partial charge in [0.2, 0.25) is 0 Å². The van der Waals surface area contributed by atoms with Gasteiger partial charge in [-0.15, -0.1) is 12.0 Å². The van der Waals surface area contributed by atoms with Gasteiger partial charge in [0, 0.05) is 37.7 Å². The van der Waals surface area contributed by atoms with E-state index in [0.717, 1.165) is 6.54 Å². The van der Waals surface area contributed by atoms with Crippen molar-refractivity contribution >= 4 is 0 Å². The summed E-state index contributed by atoms with van der Waals surface area (Å²) in [5.41, 5.74) is 0.467. The number of hydrogen-bond donors (Lipinski definition) is 0. The summed E-state index contributed by atoms with van der Waals surface area (Å²) in [6, 6.07) is 0. The standard InChI is InChI=1S/C7H14N.C2H6.Ho/c1-7(2)4-5-8(3)6-7;1-2;/h4H,5-6H2,1-3H3;1-2H3;/q-1;;. The SMILES string of the molecule is CC.CN1C[CH-]C(C)(C)C1.[Ho]. The van der Waals surface area contributed by atoms with Gasteiger partial charge in [-0.3, -0.25) is 0 Å². The first-order valence-corrected chi connectivity index (χ1v) is 4.13. The second-order valence-electron chi connectivity index (χ2n) is 3.39. The third kappa shape index (κ3) is 6.39. The van der Waals surface area contributed by atoms with Crippen LogP contribution >= 0.6 is 0 Å². The quantitative estimate of drug-likeness (QED) is 0.490. The molecule has 0 unspecified atom stereocenters. The van der Waals surface area contributed by atoms with E-state index in [2.05, 4.69) is 32.2 Å². The minimum absolute atomic E-state index is 0. The molecule has 0 bridgehead atoms. The molecule has 0 spiro atoms. The maximum absolute atomic E-state index is 2.37. The monoisotopic (exact) mass is 307 g/mol. The molecule has 0 amide bonds. The van der Waals surface area contributed by atoms with Crippen LogP contribution in [-0.4, -0.2) is 25.0 Å². The van der Waals surface area contributed by atoms with Crippen LogP contribution in [0.1, 0.15) is 27.7 Å². The fourth-order valence-corrected chi connectivity index (χ4v) is 1.23. The molecule has 1 aliphatic rings. The van der Waals surface area contributed by atoms with Crippen molar-refractivity contribution in [1.29, 1.82) is 0 Å². The van der Waals surface area contributed by atoms with Gasteiger partial charge in [0.25, 0.3) is 0 Å². The van der Waals surface area contributed by atoms with E-state index < -0.39 is 0 Å². The Hall–Kier alpha value is 1.22. The summed E-state index contributed by atoms with van der Waals surface area (Å²) in [7, 11) is 2.16. The molecule has 0 N–H and O–H groups in total. The smallest absolute Gasteiger partial charge is 0 e. The topological polar surface area (TPSA) is 3.24 Å². The molecule has 1 radical (unpaired) electrons. The Morgan fingerprint density at radius 1 is 1.27 bits per heavy atom. The second kappa shape index (κ2) is 6.71. The molecule has 73 valence electrons. The van der Waals surface area contributed by atoms with Gasteiger partial charge in [0.05, 0.1) is 0 Å². The minimum atomic E-state index is 0. The first-order valence-electron chi connectivity index (χ1n) is 4.13. The summed E-state index contributed by atoms with van der Waals surface area (Å²) < 4.78 is 0. The zero-order valence-corrected chi connectivity index (χ0v) is 10.2. The number of rotatable bonds is 0. The molecule has 0 aromatic heterocycles. The van der Waals surface area contributed by atoms with E-state index in [4.69, 9.17) is 0 Å². The van der Waals surface area contributed by atoms with Gasteiger partial charge in [-0.2, -0.15) is 0 Å². The molecule has 2 heteroatoms. The van der Waals surface area contributed by atoms with Crippen molar-refractivity contribution in [2.75, 3.05) is 20.1 Å². The van der Waals surface area contributed by atoms with Crippen LogP contribution < -0.4 is 0 Å². The molecular weight excluding hydrogens is 287 g/mol. The molecule has 0 aromatic carbocycles. The van der Waals surface area contributed by atoms with Crippen molar-refractivity contribution in [2.45, 2.75) is 27.7 Å². The Kier molecular flexibility index (Phi) is 8.98. The molecule has 1 fully saturated rings. The molecule has 1 rings (SSSR count). The van der Waals surface area contributed by atoms with Crippen LogP contribution in [0.3, 0.4) is 0 Å². The molecule has 0 aromatic rings. The van der Waals surface area contributed by atoms with Crippen molar-refractivity contribution < 1.29 is 37.7 Å². The van der Waals surface area contributed by atoms with E-state index in [0.29, 0.717) is 5.41 Å². The Bertz CT molecular complexity index is 91.6. The maximum atomic E-state index is 2.37. The number of nitrogens with zero attached hydrogens (tertiary/aromatic N) is 1. The Labute approximate surface area is 102 Å². The fraction of sp³-hybridized carbons (Fsp3) is 0.889. The zero-order chi connectivity index (χ0) is 8.20. The van der Waals surface area contributed by atoms with Gasteiger partial charge < -0.3 is 11.3 Å². The second-order valence-corrected chi connectivity index (χ2v) is 3.39. The molecule has 0 aliphatic carbocycles.